The number of phenolic OH excluding ortho intramolecular Hbond substituents is 1. The molecule has 2 aromatic rings. The Kier molecular flexibility index (Phi) is 2.64. The Hall–Kier alpha value is -1.92. The van der Waals surface area contributed by atoms with Crippen LogP contribution in [0.1, 0.15) is 5.56 Å². The molecule has 0 atom stereocenters. The van der Waals surface area contributed by atoms with Crippen molar-refractivity contribution in [2.24, 2.45) is 0 Å². The standard InChI is InChI=1S/C11H4F6O/c1-2-3-4(11(18)10(17)5(2)12)7(14)9(16)8(15)6(3)13/h18H,1H3. The van der Waals surface area contributed by atoms with E-state index in [0.717, 1.165) is 6.92 Å². The summed E-state index contributed by atoms with van der Waals surface area (Å²) in [5, 5.41) is 6.90. The number of benzene rings is 2. The van der Waals surface area contributed by atoms with Gasteiger partial charge >= 0.3 is 0 Å². The van der Waals surface area contributed by atoms with E-state index in [1.165, 1.54) is 0 Å². The van der Waals surface area contributed by atoms with Crippen molar-refractivity contribution in [1.82, 2.24) is 0 Å². The molecule has 96 valence electrons. The van der Waals surface area contributed by atoms with E-state index >= 15 is 0 Å². The minimum atomic E-state index is -2.21. The van der Waals surface area contributed by atoms with Gasteiger partial charge in [-0.2, -0.15) is 4.39 Å². The first-order valence-corrected chi connectivity index (χ1v) is 4.61. The molecule has 0 fully saturated rings. The van der Waals surface area contributed by atoms with Gasteiger partial charge in [0.1, 0.15) is 0 Å². The summed E-state index contributed by atoms with van der Waals surface area (Å²) >= 11 is 0. The molecule has 0 aliphatic heterocycles. The summed E-state index contributed by atoms with van der Waals surface area (Å²) in [4.78, 5) is 0. The molecule has 2 aromatic carbocycles. The SMILES string of the molecule is Cc1c(F)c(F)c(O)c2c(F)c(F)c(F)c(F)c12. The van der Waals surface area contributed by atoms with Crippen LogP contribution in [0.25, 0.3) is 10.8 Å². The van der Waals surface area contributed by atoms with Gasteiger partial charge in [-0.15, -0.1) is 0 Å². The minimum Gasteiger partial charge on any atom is -0.504 e. The Morgan fingerprint density at radius 1 is 0.611 bits per heavy atom. The van der Waals surface area contributed by atoms with E-state index < -0.39 is 57.0 Å². The summed E-state index contributed by atoms with van der Waals surface area (Å²) in [7, 11) is 0. The van der Waals surface area contributed by atoms with Gasteiger partial charge in [-0.1, -0.05) is 0 Å². The quantitative estimate of drug-likeness (QED) is 0.438. The van der Waals surface area contributed by atoms with Crippen LogP contribution in [0, 0.1) is 41.8 Å². The van der Waals surface area contributed by atoms with Crippen molar-refractivity contribution in [3.63, 3.8) is 0 Å². The fourth-order valence-corrected chi connectivity index (χ4v) is 1.69. The largest absolute Gasteiger partial charge is 0.504 e. The first-order chi connectivity index (χ1) is 8.29. The van der Waals surface area contributed by atoms with Crippen molar-refractivity contribution in [3.8, 4) is 5.75 Å². The van der Waals surface area contributed by atoms with Crippen LogP contribution in [-0.2, 0) is 0 Å². The molecule has 7 heteroatoms. The number of hydrogen-bond acceptors (Lipinski definition) is 1. The van der Waals surface area contributed by atoms with Gasteiger partial charge in [0, 0.05) is 5.39 Å². The van der Waals surface area contributed by atoms with Gasteiger partial charge in [-0.3, -0.25) is 0 Å². The monoisotopic (exact) mass is 266 g/mol. The van der Waals surface area contributed by atoms with Crippen LogP contribution < -0.4 is 0 Å². The van der Waals surface area contributed by atoms with Crippen LogP contribution in [0.15, 0.2) is 0 Å². The topological polar surface area (TPSA) is 20.2 Å². The molecular weight excluding hydrogens is 262 g/mol. The second-order valence-electron chi connectivity index (χ2n) is 3.61. The van der Waals surface area contributed by atoms with Crippen molar-refractivity contribution in [1.29, 1.82) is 0 Å². The molecule has 0 aliphatic rings. The third-order valence-corrected chi connectivity index (χ3v) is 2.61. The van der Waals surface area contributed by atoms with Gasteiger partial charge in [0.2, 0.25) is 5.82 Å². The average Bonchev–Trinajstić information content (AvgIpc) is 2.35. The highest BCUT2D eigenvalue weighted by Crippen LogP contribution is 2.38. The van der Waals surface area contributed by atoms with Crippen LogP contribution >= 0.6 is 0 Å². The Bertz CT molecular complexity index is 567. The number of fused-ring (bicyclic) bond motifs is 1. The number of hydrogen-bond donors (Lipinski definition) is 1. The Labute approximate surface area is 96.3 Å². The van der Waals surface area contributed by atoms with Crippen molar-refractivity contribution in [2.75, 3.05) is 0 Å². The molecule has 0 unspecified atom stereocenters. The van der Waals surface area contributed by atoms with Crippen LogP contribution in [0.4, 0.5) is 26.3 Å². The van der Waals surface area contributed by atoms with Crippen LogP contribution in [-0.4, -0.2) is 5.11 Å². The molecule has 0 amide bonds. The lowest BCUT2D eigenvalue weighted by Crippen LogP contribution is -2.03. The molecule has 0 bridgehead atoms. The average molecular weight is 266 g/mol. The zero-order valence-corrected chi connectivity index (χ0v) is 8.72. The molecule has 2 rings (SSSR count). The highest BCUT2D eigenvalue weighted by molar-refractivity contribution is 5.92. The Balaban J connectivity index is 3.22. The smallest absolute Gasteiger partial charge is 0.201 e. The van der Waals surface area contributed by atoms with Crippen LogP contribution in [0.5, 0.6) is 5.75 Å². The molecule has 0 spiro atoms. The van der Waals surface area contributed by atoms with Crippen molar-refractivity contribution < 1.29 is 31.4 Å². The van der Waals surface area contributed by atoms with E-state index in [2.05, 4.69) is 0 Å². The number of aryl methyl sites for hydroxylation is 1. The third kappa shape index (κ3) is 1.36. The van der Waals surface area contributed by atoms with Crippen molar-refractivity contribution in [2.45, 2.75) is 6.92 Å². The van der Waals surface area contributed by atoms with Crippen LogP contribution in [0.2, 0.25) is 0 Å². The summed E-state index contributed by atoms with van der Waals surface area (Å²) in [5.41, 5.74) is -0.768. The normalized spacial score (nSPS) is 11.3. The van der Waals surface area contributed by atoms with E-state index in [0.29, 0.717) is 0 Å². The molecule has 0 radical (unpaired) electrons. The molecule has 1 nitrogen and oxygen atoms in total. The predicted molar refractivity (Wildman–Crippen MR) is 50.1 cm³/mol. The van der Waals surface area contributed by atoms with Gasteiger partial charge < -0.3 is 5.11 Å². The zero-order valence-electron chi connectivity index (χ0n) is 8.72. The summed E-state index contributed by atoms with van der Waals surface area (Å²) < 4.78 is 79.1. The molecule has 0 saturated heterocycles. The maximum Gasteiger partial charge on any atom is 0.201 e. The highest BCUT2D eigenvalue weighted by Gasteiger charge is 2.28. The van der Waals surface area contributed by atoms with E-state index in [1.54, 1.807) is 0 Å². The number of rotatable bonds is 0. The number of halogens is 6. The zero-order chi connectivity index (χ0) is 13.8. The minimum absolute atomic E-state index is 0.768. The van der Waals surface area contributed by atoms with E-state index in [4.69, 9.17) is 0 Å². The molecule has 1 N–H and O–H groups in total. The first kappa shape index (κ1) is 12.5. The molecule has 0 heterocycles. The maximum absolute atomic E-state index is 13.4. The number of aromatic hydroxyl groups is 1. The van der Waals surface area contributed by atoms with Crippen LogP contribution in [0.3, 0.4) is 0 Å². The molecule has 0 saturated carbocycles. The van der Waals surface area contributed by atoms with Gasteiger partial charge in [0.05, 0.1) is 5.39 Å². The second-order valence-corrected chi connectivity index (χ2v) is 3.61. The van der Waals surface area contributed by atoms with Crippen molar-refractivity contribution in [3.05, 3.63) is 40.5 Å². The van der Waals surface area contributed by atoms with E-state index in [-0.39, 0.29) is 0 Å². The van der Waals surface area contributed by atoms with Gasteiger partial charge in [0.25, 0.3) is 0 Å². The Morgan fingerprint density at radius 2 is 1.06 bits per heavy atom. The molecule has 0 aromatic heterocycles. The fraction of sp³-hybridized carbons (Fsp3) is 0.0909. The summed E-state index contributed by atoms with van der Waals surface area (Å²) in [6.45, 7) is 0.847. The second kappa shape index (κ2) is 3.79. The number of phenols is 1. The Morgan fingerprint density at radius 3 is 1.56 bits per heavy atom. The fourth-order valence-electron chi connectivity index (χ4n) is 1.69. The summed E-state index contributed by atoms with van der Waals surface area (Å²) in [6.07, 6.45) is 0. The molecule has 18 heavy (non-hydrogen) atoms. The molecule has 0 aliphatic carbocycles. The van der Waals surface area contributed by atoms with Gasteiger partial charge in [0.15, 0.2) is 34.8 Å². The lowest BCUT2D eigenvalue weighted by Gasteiger charge is -2.11. The predicted octanol–water partition coefficient (Wildman–Crippen LogP) is 3.69. The van der Waals surface area contributed by atoms with E-state index in [1.807, 2.05) is 0 Å². The summed E-state index contributed by atoms with van der Waals surface area (Å²) in [5.74, 6) is -13.4. The van der Waals surface area contributed by atoms with Gasteiger partial charge in [-0.05, 0) is 12.5 Å². The maximum atomic E-state index is 13.4. The molecular formula is C11H4F6O. The first-order valence-electron chi connectivity index (χ1n) is 4.61. The van der Waals surface area contributed by atoms with Crippen molar-refractivity contribution >= 4 is 10.8 Å². The summed E-state index contributed by atoms with van der Waals surface area (Å²) in [6, 6.07) is 0. The van der Waals surface area contributed by atoms with E-state index in [9.17, 15) is 31.4 Å². The lowest BCUT2D eigenvalue weighted by molar-refractivity contribution is 0.396. The third-order valence-electron chi connectivity index (χ3n) is 2.61. The lowest BCUT2D eigenvalue weighted by atomic mass is 10.0. The highest BCUT2D eigenvalue weighted by atomic mass is 19.2. The van der Waals surface area contributed by atoms with Gasteiger partial charge in [-0.25, -0.2) is 22.0 Å².